The van der Waals surface area contributed by atoms with Crippen molar-refractivity contribution in [1.29, 1.82) is 0 Å². The van der Waals surface area contributed by atoms with E-state index >= 15 is 0 Å². The smallest absolute Gasteiger partial charge is 0.410 e. The van der Waals surface area contributed by atoms with Crippen molar-refractivity contribution in [2.45, 2.75) is 33.3 Å². The minimum atomic E-state index is -0.480. The molecule has 1 aromatic rings. The maximum atomic E-state index is 12.1. The third-order valence-electron chi connectivity index (χ3n) is 3.88. The van der Waals surface area contributed by atoms with Gasteiger partial charge in [0.2, 0.25) is 0 Å². The maximum absolute atomic E-state index is 12.1. The second-order valence-corrected chi connectivity index (χ2v) is 7.36. The van der Waals surface area contributed by atoms with E-state index in [-0.39, 0.29) is 6.09 Å². The molecule has 0 atom stereocenters. The third-order valence-corrected chi connectivity index (χ3v) is 3.88. The van der Waals surface area contributed by atoms with E-state index in [0.29, 0.717) is 45.3 Å². The average Bonchev–Trinajstić information content (AvgIpc) is 2.57. The van der Waals surface area contributed by atoms with Crippen LogP contribution in [-0.2, 0) is 4.74 Å². The zero-order chi connectivity index (χ0) is 19.2. The molecule has 0 spiro atoms. The Morgan fingerprint density at radius 3 is 2.46 bits per heavy atom. The first-order valence-electron chi connectivity index (χ1n) is 8.97. The third kappa shape index (κ3) is 6.46. The van der Waals surface area contributed by atoms with Crippen LogP contribution in [0.4, 0.5) is 4.79 Å². The Hall–Kier alpha value is -2.44. The highest BCUT2D eigenvalue weighted by atomic mass is 16.6. The molecular weight excluding hydrogens is 332 g/mol. The van der Waals surface area contributed by atoms with Crippen LogP contribution >= 0.6 is 0 Å². The highest BCUT2D eigenvalue weighted by Gasteiger charge is 2.26. The van der Waals surface area contributed by atoms with Crippen LogP contribution in [0.2, 0.25) is 0 Å². The van der Waals surface area contributed by atoms with Gasteiger partial charge >= 0.3 is 6.09 Å². The molecule has 144 valence electrons. The molecule has 26 heavy (non-hydrogen) atoms. The fraction of sp³-hybridized carbons (Fsp3) is 0.579. The number of nitrogens with zero attached hydrogens (tertiary/aromatic N) is 3. The predicted octanol–water partition coefficient (Wildman–Crippen LogP) is 2.24. The predicted molar refractivity (Wildman–Crippen MR) is 103 cm³/mol. The zero-order valence-corrected chi connectivity index (χ0v) is 16.2. The molecule has 0 bridgehead atoms. The minimum absolute atomic E-state index is 0.279. The number of carbonyl (C=O) groups is 1. The Balaban J connectivity index is 1.72. The molecule has 0 saturated carbocycles. The second-order valence-electron chi connectivity index (χ2n) is 7.36. The van der Waals surface area contributed by atoms with Crippen LogP contribution in [0.5, 0.6) is 5.75 Å². The number of nitrogens with two attached hydrogens (primary N) is 1. The number of benzene rings is 1. The minimum Gasteiger partial charge on any atom is -0.492 e. The largest absolute Gasteiger partial charge is 0.492 e. The van der Waals surface area contributed by atoms with E-state index in [2.05, 4.69) is 4.99 Å². The SMILES string of the molecule is Cc1cccc(OCCN=C(N)N2CCN(C(=O)OC(C)(C)C)CC2)c1. The van der Waals surface area contributed by atoms with E-state index in [9.17, 15) is 4.79 Å². The molecule has 2 N–H and O–H groups in total. The Morgan fingerprint density at radius 1 is 1.19 bits per heavy atom. The number of rotatable bonds is 4. The normalized spacial score (nSPS) is 15.8. The van der Waals surface area contributed by atoms with Crippen LogP contribution in [0.1, 0.15) is 26.3 Å². The summed E-state index contributed by atoms with van der Waals surface area (Å²) in [6, 6.07) is 7.91. The average molecular weight is 362 g/mol. The zero-order valence-electron chi connectivity index (χ0n) is 16.2. The molecule has 0 radical (unpaired) electrons. The monoisotopic (exact) mass is 362 g/mol. The lowest BCUT2D eigenvalue weighted by molar-refractivity contribution is 0.0186. The van der Waals surface area contributed by atoms with E-state index in [1.807, 2.05) is 56.9 Å². The maximum Gasteiger partial charge on any atom is 0.410 e. The summed E-state index contributed by atoms with van der Waals surface area (Å²) in [5.74, 6) is 1.33. The standard InChI is InChI=1S/C19H30N4O3/c1-15-6-5-7-16(14-15)25-13-8-21-17(20)22-9-11-23(12-10-22)18(24)26-19(2,3)4/h5-7,14H,8-13H2,1-4H3,(H2,20,21). The Bertz CT molecular complexity index is 632. The summed E-state index contributed by atoms with van der Waals surface area (Å²) in [6.07, 6.45) is -0.279. The summed E-state index contributed by atoms with van der Waals surface area (Å²) in [7, 11) is 0. The molecule has 0 aromatic heterocycles. The lowest BCUT2D eigenvalue weighted by atomic mass is 10.2. The van der Waals surface area contributed by atoms with Crippen molar-refractivity contribution in [3.05, 3.63) is 29.8 Å². The number of piperazine rings is 1. The van der Waals surface area contributed by atoms with Crippen molar-refractivity contribution in [2.24, 2.45) is 10.7 Å². The van der Waals surface area contributed by atoms with Gasteiger partial charge < -0.3 is 25.0 Å². The highest BCUT2D eigenvalue weighted by molar-refractivity contribution is 5.78. The highest BCUT2D eigenvalue weighted by Crippen LogP contribution is 2.13. The van der Waals surface area contributed by atoms with Crippen LogP contribution in [0.25, 0.3) is 0 Å². The van der Waals surface area contributed by atoms with Crippen molar-refractivity contribution in [2.75, 3.05) is 39.3 Å². The van der Waals surface area contributed by atoms with Gasteiger partial charge in [-0.05, 0) is 45.4 Å². The molecule has 2 rings (SSSR count). The van der Waals surface area contributed by atoms with Crippen molar-refractivity contribution < 1.29 is 14.3 Å². The molecule has 7 nitrogen and oxygen atoms in total. The molecular formula is C19H30N4O3. The summed E-state index contributed by atoms with van der Waals surface area (Å²) < 4.78 is 11.1. The molecule has 1 amide bonds. The first-order chi connectivity index (χ1) is 12.2. The number of hydrogen-bond donors (Lipinski definition) is 1. The number of ether oxygens (including phenoxy) is 2. The van der Waals surface area contributed by atoms with Crippen molar-refractivity contribution in [3.8, 4) is 5.75 Å². The van der Waals surface area contributed by atoms with E-state index < -0.39 is 5.60 Å². The quantitative estimate of drug-likeness (QED) is 0.505. The van der Waals surface area contributed by atoms with Gasteiger partial charge in [0.25, 0.3) is 0 Å². The molecule has 1 saturated heterocycles. The van der Waals surface area contributed by atoms with E-state index in [1.54, 1.807) is 4.90 Å². The Labute approximate surface area is 155 Å². The van der Waals surface area contributed by atoms with Crippen LogP contribution in [0.15, 0.2) is 29.3 Å². The first kappa shape index (κ1) is 19.9. The molecule has 1 aliphatic rings. The van der Waals surface area contributed by atoms with Gasteiger partial charge in [-0.3, -0.25) is 0 Å². The summed E-state index contributed by atoms with van der Waals surface area (Å²) in [6.45, 7) is 11.0. The van der Waals surface area contributed by atoms with Gasteiger partial charge in [-0.15, -0.1) is 0 Å². The van der Waals surface area contributed by atoms with E-state index in [4.69, 9.17) is 15.2 Å². The van der Waals surface area contributed by atoms with Crippen LogP contribution in [0.3, 0.4) is 0 Å². The van der Waals surface area contributed by atoms with Crippen molar-refractivity contribution in [1.82, 2.24) is 9.80 Å². The second kappa shape index (κ2) is 8.78. The molecule has 0 aliphatic carbocycles. The Kier molecular flexibility index (Phi) is 6.71. The van der Waals surface area contributed by atoms with Crippen LogP contribution in [-0.4, -0.2) is 66.8 Å². The van der Waals surface area contributed by atoms with Crippen LogP contribution < -0.4 is 10.5 Å². The van der Waals surface area contributed by atoms with Gasteiger partial charge in [0.15, 0.2) is 5.96 Å². The molecule has 1 heterocycles. The number of aryl methyl sites for hydroxylation is 1. The lowest BCUT2D eigenvalue weighted by Crippen LogP contribution is -2.53. The number of hydrogen-bond acceptors (Lipinski definition) is 4. The number of aliphatic imine (C=N–C) groups is 1. The summed E-state index contributed by atoms with van der Waals surface area (Å²) >= 11 is 0. The number of amides is 1. The topological polar surface area (TPSA) is 80.4 Å². The van der Waals surface area contributed by atoms with E-state index in [0.717, 1.165) is 11.3 Å². The van der Waals surface area contributed by atoms with Gasteiger partial charge in [-0.2, -0.15) is 0 Å². The number of guanidine groups is 1. The number of carbonyl (C=O) groups excluding carboxylic acids is 1. The Morgan fingerprint density at radius 2 is 1.85 bits per heavy atom. The molecule has 0 unspecified atom stereocenters. The van der Waals surface area contributed by atoms with E-state index in [1.165, 1.54) is 0 Å². The molecule has 1 aromatic carbocycles. The van der Waals surface area contributed by atoms with Gasteiger partial charge in [-0.1, -0.05) is 12.1 Å². The van der Waals surface area contributed by atoms with Crippen molar-refractivity contribution in [3.63, 3.8) is 0 Å². The van der Waals surface area contributed by atoms with Gasteiger partial charge in [-0.25, -0.2) is 9.79 Å². The fourth-order valence-corrected chi connectivity index (χ4v) is 2.57. The summed E-state index contributed by atoms with van der Waals surface area (Å²) in [4.78, 5) is 20.1. The van der Waals surface area contributed by atoms with Gasteiger partial charge in [0.05, 0.1) is 6.54 Å². The lowest BCUT2D eigenvalue weighted by Gasteiger charge is -2.36. The van der Waals surface area contributed by atoms with Crippen LogP contribution in [0, 0.1) is 6.92 Å². The molecule has 7 heteroatoms. The summed E-state index contributed by atoms with van der Waals surface area (Å²) in [5, 5.41) is 0. The molecule has 1 aliphatic heterocycles. The van der Waals surface area contributed by atoms with Crippen molar-refractivity contribution >= 4 is 12.1 Å². The summed E-state index contributed by atoms with van der Waals surface area (Å²) in [5.41, 5.74) is 6.74. The molecule has 1 fully saturated rings. The van der Waals surface area contributed by atoms with Gasteiger partial charge in [0.1, 0.15) is 18.0 Å². The van der Waals surface area contributed by atoms with Gasteiger partial charge in [0, 0.05) is 26.2 Å². The fourth-order valence-electron chi connectivity index (χ4n) is 2.57. The first-order valence-corrected chi connectivity index (χ1v) is 8.97.